The van der Waals surface area contributed by atoms with Crippen molar-refractivity contribution < 1.29 is 0 Å². The summed E-state index contributed by atoms with van der Waals surface area (Å²) in [5.41, 5.74) is 1.03. The molecule has 1 fully saturated rings. The van der Waals surface area contributed by atoms with Crippen LogP contribution in [0.4, 0.5) is 5.82 Å². The minimum atomic E-state index is 0.804. The second-order valence-corrected chi connectivity index (χ2v) is 4.62. The van der Waals surface area contributed by atoms with E-state index in [1.165, 1.54) is 12.8 Å². The van der Waals surface area contributed by atoms with Gasteiger partial charge in [0.25, 0.3) is 0 Å². The molecule has 1 aliphatic heterocycles. The Morgan fingerprint density at radius 2 is 1.89 bits per heavy atom. The fourth-order valence-corrected chi connectivity index (χ4v) is 2.47. The Bertz CT molecular complexity index is 583. The fraction of sp³-hybridized carbons (Fsp3) is 0.333. The second kappa shape index (κ2) is 4.77. The highest BCUT2D eigenvalue weighted by Crippen LogP contribution is 2.26. The van der Waals surface area contributed by atoms with Crippen LogP contribution in [0.1, 0.15) is 25.6 Å². The van der Waals surface area contributed by atoms with Crippen molar-refractivity contribution >= 4 is 22.8 Å². The molecule has 1 aromatic heterocycles. The molecule has 3 heteroatoms. The summed E-state index contributed by atoms with van der Waals surface area (Å²) in [4.78, 5) is 11.6. The highest BCUT2D eigenvalue weighted by Gasteiger charge is 2.17. The van der Waals surface area contributed by atoms with Crippen LogP contribution in [0.25, 0.3) is 17.0 Å². The minimum Gasteiger partial charge on any atom is -0.356 e. The Morgan fingerprint density at radius 1 is 1.11 bits per heavy atom. The molecule has 1 saturated heterocycles. The van der Waals surface area contributed by atoms with Crippen molar-refractivity contribution in [3.63, 3.8) is 0 Å². The quantitative estimate of drug-likeness (QED) is 0.805. The number of anilines is 1. The maximum atomic E-state index is 4.70. The average molecular weight is 239 g/mol. The summed E-state index contributed by atoms with van der Waals surface area (Å²) in [6, 6.07) is 8.26. The van der Waals surface area contributed by atoms with Crippen LogP contribution >= 0.6 is 0 Å². The van der Waals surface area contributed by atoms with E-state index in [-0.39, 0.29) is 0 Å². The molecule has 0 spiro atoms. The Kier molecular flexibility index (Phi) is 2.97. The van der Waals surface area contributed by atoms with Crippen molar-refractivity contribution in [3.05, 3.63) is 36.2 Å². The number of aromatic nitrogens is 2. The van der Waals surface area contributed by atoms with Crippen LogP contribution in [-0.2, 0) is 0 Å². The Hall–Kier alpha value is -1.90. The van der Waals surface area contributed by atoms with Crippen molar-refractivity contribution in [2.75, 3.05) is 18.0 Å². The number of nitrogens with zero attached hydrogens (tertiary/aromatic N) is 3. The van der Waals surface area contributed by atoms with Crippen LogP contribution in [0.5, 0.6) is 0 Å². The molecule has 0 unspecified atom stereocenters. The van der Waals surface area contributed by atoms with Gasteiger partial charge in [-0.15, -0.1) is 0 Å². The average Bonchev–Trinajstić information content (AvgIpc) is 2.92. The molecule has 0 N–H and O–H groups in total. The van der Waals surface area contributed by atoms with Gasteiger partial charge < -0.3 is 4.90 Å². The molecule has 0 bridgehead atoms. The van der Waals surface area contributed by atoms with Gasteiger partial charge in [0.05, 0.1) is 5.52 Å². The van der Waals surface area contributed by atoms with Gasteiger partial charge in [-0.2, -0.15) is 0 Å². The first-order valence-corrected chi connectivity index (χ1v) is 6.53. The summed E-state index contributed by atoms with van der Waals surface area (Å²) in [5, 5.41) is 1.16. The molecule has 1 aliphatic rings. The van der Waals surface area contributed by atoms with Gasteiger partial charge in [-0.1, -0.05) is 18.2 Å². The monoisotopic (exact) mass is 239 g/mol. The number of allylic oxidation sites excluding steroid dienone is 1. The van der Waals surface area contributed by atoms with Crippen LogP contribution in [0.15, 0.2) is 30.3 Å². The molecule has 92 valence electrons. The zero-order valence-electron chi connectivity index (χ0n) is 10.6. The standard InChI is InChI=1S/C15H17N3/c1-2-7-14-16-13-9-4-3-8-12(13)15(17-14)18-10-5-6-11-18/h2-4,7-9H,5-6,10-11H2,1H3. The van der Waals surface area contributed by atoms with Crippen molar-refractivity contribution in [1.29, 1.82) is 0 Å². The summed E-state index contributed by atoms with van der Waals surface area (Å²) in [5.74, 6) is 1.89. The number of benzene rings is 1. The third-order valence-electron chi connectivity index (χ3n) is 3.32. The Labute approximate surface area is 107 Å². The third-order valence-corrected chi connectivity index (χ3v) is 3.32. The predicted octanol–water partition coefficient (Wildman–Crippen LogP) is 3.26. The third kappa shape index (κ3) is 1.96. The number of fused-ring (bicyclic) bond motifs is 1. The molecule has 0 radical (unpaired) electrons. The van der Waals surface area contributed by atoms with Gasteiger partial charge in [0.15, 0.2) is 5.82 Å². The van der Waals surface area contributed by atoms with Crippen molar-refractivity contribution in [1.82, 2.24) is 9.97 Å². The fourth-order valence-electron chi connectivity index (χ4n) is 2.47. The first-order chi connectivity index (χ1) is 8.88. The lowest BCUT2D eigenvalue weighted by atomic mass is 10.2. The van der Waals surface area contributed by atoms with Crippen LogP contribution in [0, 0.1) is 0 Å². The van der Waals surface area contributed by atoms with E-state index in [0.29, 0.717) is 0 Å². The number of rotatable bonds is 2. The Morgan fingerprint density at radius 3 is 2.67 bits per heavy atom. The molecule has 3 nitrogen and oxygen atoms in total. The first-order valence-electron chi connectivity index (χ1n) is 6.53. The van der Waals surface area contributed by atoms with Gasteiger partial charge in [0.2, 0.25) is 0 Å². The maximum Gasteiger partial charge on any atom is 0.154 e. The van der Waals surface area contributed by atoms with Crippen molar-refractivity contribution in [3.8, 4) is 0 Å². The van der Waals surface area contributed by atoms with Crippen molar-refractivity contribution in [2.45, 2.75) is 19.8 Å². The molecule has 0 atom stereocenters. The Balaban J connectivity index is 2.19. The molecular formula is C15H17N3. The summed E-state index contributed by atoms with van der Waals surface area (Å²) in [6.45, 7) is 4.21. The molecule has 0 aliphatic carbocycles. The van der Waals surface area contributed by atoms with Crippen molar-refractivity contribution in [2.24, 2.45) is 0 Å². The van der Waals surface area contributed by atoms with Crippen LogP contribution in [0.3, 0.4) is 0 Å². The van der Waals surface area contributed by atoms with E-state index in [1.807, 2.05) is 25.1 Å². The second-order valence-electron chi connectivity index (χ2n) is 4.62. The molecule has 2 heterocycles. The molecule has 3 rings (SSSR count). The lowest BCUT2D eigenvalue weighted by Gasteiger charge is -2.18. The highest BCUT2D eigenvalue weighted by molar-refractivity contribution is 5.90. The molecule has 0 saturated carbocycles. The van der Waals surface area contributed by atoms with Crippen LogP contribution < -0.4 is 4.90 Å². The van der Waals surface area contributed by atoms with Crippen LogP contribution in [0.2, 0.25) is 0 Å². The van der Waals surface area contributed by atoms with Gasteiger partial charge in [0.1, 0.15) is 5.82 Å². The number of hydrogen-bond donors (Lipinski definition) is 0. The summed E-state index contributed by atoms with van der Waals surface area (Å²) < 4.78 is 0. The summed E-state index contributed by atoms with van der Waals surface area (Å²) >= 11 is 0. The lowest BCUT2D eigenvalue weighted by Crippen LogP contribution is -2.20. The molecular weight excluding hydrogens is 222 g/mol. The number of hydrogen-bond acceptors (Lipinski definition) is 3. The van der Waals surface area contributed by atoms with E-state index in [1.54, 1.807) is 0 Å². The van der Waals surface area contributed by atoms with Gasteiger partial charge in [0, 0.05) is 18.5 Å². The zero-order valence-corrected chi connectivity index (χ0v) is 10.6. The zero-order chi connectivity index (χ0) is 12.4. The first kappa shape index (κ1) is 11.2. The van der Waals surface area contributed by atoms with Gasteiger partial charge in [-0.25, -0.2) is 9.97 Å². The smallest absolute Gasteiger partial charge is 0.154 e. The predicted molar refractivity (Wildman–Crippen MR) is 75.7 cm³/mol. The van der Waals surface area contributed by atoms with E-state index in [4.69, 9.17) is 4.98 Å². The minimum absolute atomic E-state index is 0.804. The van der Waals surface area contributed by atoms with E-state index in [9.17, 15) is 0 Å². The molecule has 2 aromatic rings. The summed E-state index contributed by atoms with van der Waals surface area (Å²) in [6.07, 6.45) is 6.47. The number of para-hydroxylation sites is 1. The molecule has 1 aromatic carbocycles. The summed E-state index contributed by atoms with van der Waals surface area (Å²) in [7, 11) is 0. The maximum absolute atomic E-state index is 4.70. The topological polar surface area (TPSA) is 29.0 Å². The largest absolute Gasteiger partial charge is 0.356 e. The van der Waals surface area contributed by atoms with E-state index in [0.717, 1.165) is 35.6 Å². The van der Waals surface area contributed by atoms with E-state index < -0.39 is 0 Å². The normalized spacial score (nSPS) is 15.9. The van der Waals surface area contributed by atoms with Crippen LogP contribution in [-0.4, -0.2) is 23.1 Å². The SMILES string of the molecule is CC=Cc1nc(N2CCCC2)c2ccccc2n1. The van der Waals surface area contributed by atoms with Gasteiger partial charge in [-0.3, -0.25) is 0 Å². The highest BCUT2D eigenvalue weighted by atomic mass is 15.2. The molecule has 18 heavy (non-hydrogen) atoms. The molecule has 0 amide bonds. The van der Waals surface area contributed by atoms with E-state index in [2.05, 4.69) is 28.1 Å². The van der Waals surface area contributed by atoms with Gasteiger partial charge in [-0.05, 0) is 38.0 Å². The van der Waals surface area contributed by atoms with E-state index >= 15 is 0 Å². The van der Waals surface area contributed by atoms with Gasteiger partial charge >= 0.3 is 0 Å². The lowest BCUT2D eigenvalue weighted by molar-refractivity contribution is 0.936.